The minimum Gasteiger partial charge on any atom is -0.461 e. The number of rotatable bonds is 8. The molecule has 1 heterocycles. The average molecular weight is 241 g/mol. The second kappa shape index (κ2) is 8.30. The molecule has 0 amide bonds. The lowest BCUT2D eigenvalue weighted by Crippen LogP contribution is -2.18. The van der Waals surface area contributed by atoms with Gasteiger partial charge in [0.2, 0.25) is 0 Å². The van der Waals surface area contributed by atoms with E-state index in [0.717, 1.165) is 19.5 Å². The number of hydrogen-bond donors (Lipinski definition) is 1. The van der Waals surface area contributed by atoms with Gasteiger partial charge in [0.05, 0.1) is 6.61 Å². The zero-order valence-corrected chi connectivity index (χ0v) is 10.5. The van der Waals surface area contributed by atoms with Crippen molar-refractivity contribution in [3.8, 4) is 0 Å². The lowest BCUT2D eigenvalue weighted by atomic mass is 10.3. The van der Waals surface area contributed by atoms with E-state index in [-0.39, 0.29) is 5.97 Å². The topological polar surface area (TPSA) is 38.3 Å². The summed E-state index contributed by atoms with van der Waals surface area (Å²) < 4.78 is 5.12. The highest BCUT2D eigenvalue weighted by molar-refractivity contribution is 7.11. The summed E-state index contributed by atoms with van der Waals surface area (Å²) in [5.74, 6) is -0.205. The Balaban J connectivity index is 1.97. The van der Waals surface area contributed by atoms with Crippen molar-refractivity contribution in [2.45, 2.75) is 26.2 Å². The molecule has 0 aromatic carbocycles. The molecule has 1 aromatic rings. The third kappa shape index (κ3) is 5.28. The van der Waals surface area contributed by atoms with Crippen molar-refractivity contribution in [1.82, 2.24) is 5.32 Å². The zero-order valence-electron chi connectivity index (χ0n) is 9.70. The first kappa shape index (κ1) is 13.2. The minimum absolute atomic E-state index is 0.205. The van der Waals surface area contributed by atoms with Crippen molar-refractivity contribution in [2.75, 3.05) is 19.7 Å². The predicted molar refractivity (Wildman–Crippen MR) is 67.0 cm³/mol. The minimum atomic E-state index is -0.205. The summed E-state index contributed by atoms with van der Waals surface area (Å²) >= 11 is 1.42. The fourth-order valence-electron chi connectivity index (χ4n) is 1.25. The number of unbranched alkanes of at least 4 members (excludes halogenated alkanes) is 1. The van der Waals surface area contributed by atoms with Crippen molar-refractivity contribution in [1.29, 1.82) is 0 Å². The molecule has 16 heavy (non-hydrogen) atoms. The van der Waals surface area contributed by atoms with Crippen LogP contribution in [0.3, 0.4) is 0 Å². The van der Waals surface area contributed by atoms with Crippen LogP contribution in [-0.4, -0.2) is 25.7 Å². The molecule has 0 bridgehead atoms. The van der Waals surface area contributed by atoms with Crippen LogP contribution in [0.5, 0.6) is 0 Å². The summed E-state index contributed by atoms with van der Waals surface area (Å²) in [5.41, 5.74) is 0. The van der Waals surface area contributed by atoms with Gasteiger partial charge < -0.3 is 10.1 Å². The van der Waals surface area contributed by atoms with Crippen molar-refractivity contribution in [3.05, 3.63) is 22.4 Å². The fourth-order valence-corrected chi connectivity index (χ4v) is 1.87. The molecule has 0 aliphatic heterocycles. The van der Waals surface area contributed by atoms with E-state index < -0.39 is 0 Å². The van der Waals surface area contributed by atoms with E-state index in [1.165, 1.54) is 24.2 Å². The van der Waals surface area contributed by atoms with Gasteiger partial charge in [-0.3, -0.25) is 0 Å². The fraction of sp³-hybridized carbons (Fsp3) is 0.583. The molecular formula is C12H19NO2S. The Bertz CT molecular complexity index is 285. The van der Waals surface area contributed by atoms with Crippen molar-refractivity contribution in [2.24, 2.45) is 0 Å². The van der Waals surface area contributed by atoms with E-state index >= 15 is 0 Å². The van der Waals surface area contributed by atoms with Crippen LogP contribution in [0.4, 0.5) is 0 Å². The maximum absolute atomic E-state index is 11.4. The molecule has 0 aliphatic rings. The van der Waals surface area contributed by atoms with Gasteiger partial charge in [-0.1, -0.05) is 19.4 Å². The molecule has 0 aliphatic carbocycles. The summed E-state index contributed by atoms with van der Waals surface area (Å²) in [7, 11) is 0. The molecular weight excluding hydrogens is 222 g/mol. The number of carbonyl (C=O) groups excluding carboxylic acids is 1. The normalized spacial score (nSPS) is 10.3. The lowest BCUT2D eigenvalue weighted by Gasteiger charge is -2.04. The van der Waals surface area contributed by atoms with Gasteiger partial charge in [0.15, 0.2) is 0 Å². The summed E-state index contributed by atoms with van der Waals surface area (Å²) in [5, 5.41) is 5.18. The van der Waals surface area contributed by atoms with Crippen LogP contribution in [0, 0.1) is 0 Å². The number of hydrogen-bond acceptors (Lipinski definition) is 4. The van der Waals surface area contributed by atoms with Crippen LogP contribution in [0.25, 0.3) is 0 Å². The first-order valence-electron chi connectivity index (χ1n) is 5.76. The molecule has 0 saturated heterocycles. The quantitative estimate of drug-likeness (QED) is 0.562. The maximum atomic E-state index is 11.4. The van der Waals surface area contributed by atoms with Crippen LogP contribution >= 0.6 is 11.3 Å². The van der Waals surface area contributed by atoms with Gasteiger partial charge in [0.25, 0.3) is 0 Å². The Morgan fingerprint density at radius 2 is 2.25 bits per heavy atom. The third-order valence-corrected chi connectivity index (χ3v) is 3.01. The van der Waals surface area contributed by atoms with Gasteiger partial charge in [-0.25, -0.2) is 4.79 Å². The van der Waals surface area contributed by atoms with E-state index in [2.05, 4.69) is 12.2 Å². The first-order valence-corrected chi connectivity index (χ1v) is 6.64. The summed E-state index contributed by atoms with van der Waals surface area (Å²) in [4.78, 5) is 12.1. The predicted octanol–water partition coefficient (Wildman–Crippen LogP) is 2.68. The molecule has 1 rings (SSSR count). The van der Waals surface area contributed by atoms with Crippen molar-refractivity contribution < 1.29 is 9.53 Å². The molecule has 4 heteroatoms. The molecule has 0 unspecified atom stereocenters. The van der Waals surface area contributed by atoms with Gasteiger partial charge >= 0.3 is 5.97 Å². The van der Waals surface area contributed by atoms with Crippen LogP contribution < -0.4 is 5.32 Å². The lowest BCUT2D eigenvalue weighted by molar-refractivity contribution is 0.0506. The molecule has 90 valence electrons. The monoisotopic (exact) mass is 241 g/mol. The number of nitrogens with one attached hydrogen (secondary N) is 1. The Morgan fingerprint density at radius 1 is 1.44 bits per heavy atom. The Labute approximate surface area is 101 Å². The second-order valence-electron chi connectivity index (χ2n) is 3.57. The van der Waals surface area contributed by atoms with Gasteiger partial charge in [-0.15, -0.1) is 11.3 Å². The molecule has 0 saturated carbocycles. The third-order valence-electron chi connectivity index (χ3n) is 2.16. The molecule has 3 nitrogen and oxygen atoms in total. The van der Waals surface area contributed by atoms with Crippen LogP contribution in [0.15, 0.2) is 17.5 Å². The Hall–Kier alpha value is -0.870. The molecule has 0 spiro atoms. The summed E-state index contributed by atoms with van der Waals surface area (Å²) in [6.45, 7) is 4.63. The standard InChI is InChI=1S/C12H19NO2S/c1-2-3-7-13-8-5-9-15-12(14)11-6-4-10-16-11/h4,6,10,13H,2-3,5,7-9H2,1H3. The highest BCUT2D eigenvalue weighted by Crippen LogP contribution is 2.09. The average Bonchev–Trinajstić information content (AvgIpc) is 2.81. The highest BCUT2D eigenvalue weighted by atomic mass is 32.1. The number of thiophene rings is 1. The van der Waals surface area contributed by atoms with Gasteiger partial charge in [-0.2, -0.15) is 0 Å². The molecule has 1 aromatic heterocycles. The van der Waals surface area contributed by atoms with Crippen LogP contribution in [0.1, 0.15) is 35.9 Å². The van der Waals surface area contributed by atoms with Gasteiger partial charge in [0, 0.05) is 0 Å². The molecule has 0 radical (unpaired) electrons. The number of ether oxygens (including phenoxy) is 1. The number of carbonyl (C=O) groups is 1. The van der Waals surface area contributed by atoms with Gasteiger partial charge in [-0.05, 0) is 37.4 Å². The highest BCUT2D eigenvalue weighted by Gasteiger charge is 2.06. The SMILES string of the molecule is CCCCNCCCOC(=O)c1cccs1. The summed E-state index contributed by atoms with van der Waals surface area (Å²) in [6, 6.07) is 3.64. The van der Waals surface area contributed by atoms with Crippen LogP contribution in [0.2, 0.25) is 0 Å². The zero-order chi connectivity index (χ0) is 11.6. The molecule has 0 fully saturated rings. The smallest absolute Gasteiger partial charge is 0.348 e. The largest absolute Gasteiger partial charge is 0.461 e. The van der Waals surface area contributed by atoms with E-state index in [1.54, 1.807) is 6.07 Å². The van der Waals surface area contributed by atoms with E-state index in [1.807, 2.05) is 11.4 Å². The number of esters is 1. The van der Waals surface area contributed by atoms with E-state index in [9.17, 15) is 4.79 Å². The second-order valence-corrected chi connectivity index (χ2v) is 4.52. The maximum Gasteiger partial charge on any atom is 0.348 e. The van der Waals surface area contributed by atoms with Crippen molar-refractivity contribution >= 4 is 17.3 Å². The Kier molecular flexibility index (Phi) is 6.85. The first-order chi connectivity index (χ1) is 7.84. The summed E-state index contributed by atoms with van der Waals surface area (Å²) in [6.07, 6.45) is 3.29. The molecule has 1 N–H and O–H groups in total. The Morgan fingerprint density at radius 3 is 2.94 bits per heavy atom. The van der Waals surface area contributed by atoms with E-state index in [0.29, 0.717) is 11.5 Å². The van der Waals surface area contributed by atoms with Gasteiger partial charge in [0.1, 0.15) is 4.88 Å². The van der Waals surface area contributed by atoms with Crippen LogP contribution in [-0.2, 0) is 4.74 Å². The van der Waals surface area contributed by atoms with E-state index in [4.69, 9.17) is 4.74 Å². The van der Waals surface area contributed by atoms with Crippen molar-refractivity contribution in [3.63, 3.8) is 0 Å². The molecule has 0 atom stereocenters.